The Morgan fingerprint density at radius 3 is 2.26 bits per heavy atom. The van der Waals surface area contributed by atoms with Crippen LogP contribution in [0.15, 0.2) is 64.6 Å². The SMILES string of the molecule is CC(=O)O[C@H](C(=O)N1CC2=C(C1)CN(S(=N)(=O)c1ccc3c(c1)OCCO3)C2)c1ccccc1. The van der Waals surface area contributed by atoms with Gasteiger partial charge in [0.05, 0.1) is 4.90 Å². The van der Waals surface area contributed by atoms with E-state index in [9.17, 15) is 13.8 Å². The van der Waals surface area contributed by atoms with Crippen LogP contribution in [0.25, 0.3) is 0 Å². The van der Waals surface area contributed by atoms with Crippen LogP contribution in [-0.2, 0) is 24.2 Å². The molecule has 0 fully saturated rings. The standard InChI is InChI=1S/C24H25N3O6S/c1-16(28)33-23(17-5-3-2-4-6-17)24(29)26-12-18-14-27(15-19(18)13-26)34(25,30)20-7-8-21-22(11-20)32-10-9-31-21/h2-8,11,23,25H,9-10,12-15H2,1H3/t23-,34?/m0/s1. The average Bonchev–Trinajstić information content (AvgIpc) is 3.42. The van der Waals surface area contributed by atoms with Crippen molar-refractivity contribution in [3.05, 3.63) is 65.2 Å². The van der Waals surface area contributed by atoms with E-state index in [2.05, 4.69) is 0 Å². The molecule has 5 rings (SSSR count). The van der Waals surface area contributed by atoms with Gasteiger partial charge in [-0.3, -0.25) is 9.59 Å². The summed E-state index contributed by atoms with van der Waals surface area (Å²) in [7, 11) is -3.24. The highest BCUT2D eigenvalue weighted by Crippen LogP contribution is 2.36. The lowest BCUT2D eigenvalue weighted by molar-refractivity contribution is -0.158. The van der Waals surface area contributed by atoms with Gasteiger partial charge in [0.15, 0.2) is 11.5 Å². The topological polar surface area (TPSA) is 109 Å². The molecule has 178 valence electrons. The van der Waals surface area contributed by atoms with Crippen molar-refractivity contribution >= 4 is 21.8 Å². The molecule has 0 saturated carbocycles. The molecular weight excluding hydrogens is 458 g/mol. The smallest absolute Gasteiger partial charge is 0.303 e. The van der Waals surface area contributed by atoms with Gasteiger partial charge in [-0.15, -0.1) is 0 Å². The molecule has 3 heterocycles. The zero-order valence-electron chi connectivity index (χ0n) is 18.7. The van der Waals surface area contributed by atoms with Crippen LogP contribution in [0.2, 0.25) is 0 Å². The van der Waals surface area contributed by atoms with E-state index in [1.54, 1.807) is 51.7 Å². The summed E-state index contributed by atoms with van der Waals surface area (Å²) in [4.78, 5) is 26.9. The van der Waals surface area contributed by atoms with Crippen LogP contribution < -0.4 is 9.47 Å². The Balaban J connectivity index is 1.28. The van der Waals surface area contributed by atoms with E-state index in [0.717, 1.165) is 11.1 Å². The molecule has 1 N–H and O–H groups in total. The molecule has 2 atom stereocenters. The Morgan fingerprint density at radius 2 is 1.62 bits per heavy atom. The van der Waals surface area contributed by atoms with E-state index in [0.29, 0.717) is 61.4 Å². The van der Waals surface area contributed by atoms with Crippen molar-refractivity contribution in [1.82, 2.24) is 9.21 Å². The second-order valence-electron chi connectivity index (χ2n) is 8.43. The minimum atomic E-state index is -3.24. The number of nitrogens with zero attached hydrogens (tertiary/aromatic N) is 2. The molecular formula is C24H25N3O6S. The maximum atomic E-state index is 13.5. The highest BCUT2D eigenvalue weighted by atomic mass is 32.2. The number of rotatable bonds is 5. The maximum absolute atomic E-state index is 13.5. The van der Waals surface area contributed by atoms with Gasteiger partial charge >= 0.3 is 5.97 Å². The first kappa shape index (κ1) is 22.4. The van der Waals surface area contributed by atoms with E-state index in [1.165, 1.54) is 6.92 Å². The van der Waals surface area contributed by atoms with Gasteiger partial charge in [-0.2, -0.15) is 0 Å². The highest BCUT2D eigenvalue weighted by molar-refractivity contribution is 7.90. The first-order chi connectivity index (χ1) is 16.3. The third-order valence-corrected chi connectivity index (χ3v) is 8.00. The van der Waals surface area contributed by atoms with E-state index in [1.807, 2.05) is 6.07 Å². The number of amides is 1. The number of nitrogens with one attached hydrogen (secondary N) is 1. The number of hydrogen-bond donors (Lipinski definition) is 1. The Labute approximate surface area is 198 Å². The van der Waals surface area contributed by atoms with Crippen LogP contribution >= 0.6 is 0 Å². The van der Waals surface area contributed by atoms with Crippen molar-refractivity contribution < 1.29 is 28.0 Å². The minimum absolute atomic E-state index is 0.291. The molecule has 2 aromatic rings. The van der Waals surface area contributed by atoms with Gasteiger partial charge in [0.2, 0.25) is 6.10 Å². The summed E-state index contributed by atoms with van der Waals surface area (Å²) in [6.07, 6.45) is -1.01. The molecule has 1 amide bonds. The van der Waals surface area contributed by atoms with E-state index >= 15 is 0 Å². The van der Waals surface area contributed by atoms with Crippen LogP contribution in [0.1, 0.15) is 18.6 Å². The van der Waals surface area contributed by atoms with Gasteiger partial charge in [-0.25, -0.2) is 13.3 Å². The fourth-order valence-electron chi connectivity index (χ4n) is 4.45. The lowest BCUT2D eigenvalue weighted by atomic mass is 10.1. The van der Waals surface area contributed by atoms with Crippen molar-refractivity contribution in [3.8, 4) is 11.5 Å². The molecule has 0 radical (unpaired) electrons. The second kappa shape index (κ2) is 8.77. The van der Waals surface area contributed by atoms with Gasteiger partial charge in [0.1, 0.15) is 23.1 Å². The quantitative estimate of drug-likeness (QED) is 0.517. The predicted molar refractivity (Wildman–Crippen MR) is 123 cm³/mol. The normalized spacial score (nSPS) is 20.0. The highest BCUT2D eigenvalue weighted by Gasteiger charge is 2.39. The molecule has 9 nitrogen and oxygen atoms in total. The van der Waals surface area contributed by atoms with Crippen LogP contribution in [-0.4, -0.2) is 64.7 Å². The third-order valence-electron chi connectivity index (χ3n) is 6.12. The molecule has 0 saturated heterocycles. The second-order valence-corrected chi connectivity index (χ2v) is 10.5. The van der Waals surface area contributed by atoms with Gasteiger partial charge in [0.25, 0.3) is 5.91 Å². The third kappa shape index (κ3) is 4.14. The van der Waals surface area contributed by atoms with Crippen LogP contribution in [0, 0.1) is 4.78 Å². The summed E-state index contributed by atoms with van der Waals surface area (Å²) in [5.41, 5.74) is 2.56. The molecule has 1 unspecified atom stereocenters. The number of carbonyl (C=O) groups is 2. The summed E-state index contributed by atoms with van der Waals surface area (Å²) in [5.74, 6) is 0.266. The Hall–Kier alpha value is -3.37. The molecule has 10 heteroatoms. The monoisotopic (exact) mass is 483 g/mol. The molecule has 0 aromatic heterocycles. The number of fused-ring (bicyclic) bond motifs is 1. The molecule has 2 aromatic carbocycles. The van der Waals surface area contributed by atoms with E-state index in [-0.39, 0.29) is 5.91 Å². The number of hydrogen-bond acceptors (Lipinski definition) is 7. The molecule has 3 aliphatic heterocycles. The average molecular weight is 484 g/mol. The zero-order valence-corrected chi connectivity index (χ0v) is 19.5. The van der Waals surface area contributed by atoms with E-state index < -0.39 is 22.0 Å². The lowest BCUT2D eigenvalue weighted by Gasteiger charge is -2.27. The van der Waals surface area contributed by atoms with Crippen molar-refractivity contribution in [3.63, 3.8) is 0 Å². The summed E-state index contributed by atoms with van der Waals surface area (Å²) < 4.78 is 40.2. The summed E-state index contributed by atoms with van der Waals surface area (Å²) in [6.45, 7) is 3.53. The Bertz CT molecular complexity index is 1260. The van der Waals surface area contributed by atoms with Crippen LogP contribution in [0.3, 0.4) is 0 Å². The number of ether oxygens (including phenoxy) is 3. The molecule has 34 heavy (non-hydrogen) atoms. The fourth-order valence-corrected chi connectivity index (χ4v) is 5.94. The van der Waals surface area contributed by atoms with Crippen molar-refractivity contribution in [1.29, 1.82) is 4.78 Å². The number of carbonyl (C=O) groups excluding carboxylic acids is 2. The van der Waals surface area contributed by atoms with Gasteiger partial charge in [-0.1, -0.05) is 30.3 Å². The molecule has 0 spiro atoms. The Morgan fingerprint density at radius 1 is 0.971 bits per heavy atom. The lowest BCUT2D eigenvalue weighted by Crippen LogP contribution is -2.39. The summed E-state index contributed by atoms with van der Waals surface area (Å²) in [6, 6.07) is 13.9. The number of esters is 1. The molecule has 0 bridgehead atoms. The Kier molecular flexibility index (Phi) is 5.78. The number of benzene rings is 2. The zero-order chi connectivity index (χ0) is 23.9. The fraction of sp³-hybridized carbons (Fsp3) is 0.333. The predicted octanol–water partition coefficient (Wildman–Crippen LogP) is 2.54. The first-order valence-electron chi connectivity index (χ1n) is 11.0. The summed E-state index contributed by atoms with van der Waals surface area (Å²) in [5, 5.41) is 0. The van der Waals surface area contributed by atoms with Crippen LogP contribution in [0.5, 0.6) is 11.5 Å². The van der Waals surface area contributed by atoms with Gasteiger partial charge < -0.3 is 19.1 Å². The van der Waals surface area contributed by atoms with Gasteiger partial charge in [-0.05, 0) is 23.3 Å². The van der Waals surface area contributed by atoms with Crippen molar-refractivity contribution in [2.75, 3.05) is 39.4 Å². The van der Waals surface area contributed by atoms with Gasteiger partial charge in [0, 0.05) is 44.7 Å². The molecule has 3 aliphatic rings. The maximum Gasteiger partial charge on any atom is 0.303 e. The van der Waals surface area contributed by atoms with Crippen LogP contribution in [0.4, 0.5) is 0 Å². The first-order valence-corrected chi connectivity index (χ1v) is 12.5. The minimum Gasteiger partial charge on any atom is -0.486 e. The van der Waals surface area contributed by atoms with E-state index in [4.69, 9.17) is 19.0 Å². The van der Waals surface area contributed by atoms with Crippen molar-refractivity contribution in [2.24, 2.45) is 0 Å². The largest absolute Gasteiger partial charge is 0.486 e. The molecule has 0 aliphatic carbocycles. The summed E-state index contributed by atoms with van der Waals surface area (Å²) >= 11 is 0. The van der Waals surface area contributed by atoms with Crippen molar-refractivity contribution in [2.45, 2.75) is 17.9 Å².